The molecule has 0 fully saturated rings. The molecule has 5 nitrogen and oxygen atoms in total. The molecule has 1 aliphatic rings. The minimum absolute atomic E-state index is 0.569. The van der Waals surface area contributed by atoms with Gasteiger partial charge in [0.15, 0.2) is 0 Å². The highest BCUT2D eigenvalue weighted by Gasteiger charge is 2.18. The highest BCUT2D eigenvalue weighted by atomic mass is 16.4. The summed E-state index contributed by atoms with van der Waals surface area (Å²) >= 11 is 0. The molecule has 1 aliphatic heterocycles. The lowest BCUT2D eigenvalue weighted by Crippen LogP contribution is -2.27. The normalized spacial score (nSPS) is 15.8. The molecule has 0 saturated carbocycles. The van der Waals surface area contributed by atoms with Crippen molar-refractivity contribution in [2.45, 2.75) is 12.8 Å². The van der Waals surface area contributed by atoms with E-state index in [1.165, 1.54) is 4.90 Å². The van der Waals surface area contributed by atoms with E-state index >= 15 is 0 Å². The first-order valence-corrected chi connectivity index (χ1v) is 5.88. The number of carboxylic acid groups (broad SMARTS) is 1. The number of nitrogens with one attached hydrogen (secondary N) is 1. The third kappa shape index (κ3) is 1.73. The Morgan fingerprint density at radius 2 is 2.39 bits per heavy atom. The van der Waals surface area contributed by atoms with Crippen molar-refractivity contribution in [1.82, 2.24) is 14.9 Å². The molecule has 18 heavy (non-hydrogen) atoms. The van der Waals surface area contributed by atoms with Gasteiger partial charge in [0.1, 0.15) is 5.65 Å². The van der Waals surface area contributed by atoms with Gasteiger partial charge in [-0.2, -0.15) is 0 Å². The molecule has 0 aromatic carbocycles. The van der Waals surface area contributed by atoms with Gasteiger partial charge in [-0.1, -0.05) is 0 Å². The Morgan fingerprint density at radius 3 is 3.22 bits per heavy atom. The third-order valence-electron chi connectivity index (χ3n) is 3.20. The van der Waals surface area contributed by atoms with Crippen LogP contribution in [0.1, 0.15) is 18.4 Å². The lowest BCUT2D eigenvalue weighted by atomic mass is 9.99. The van der Waals surface area contributed by atoms with Gasteiger partial charge < -0.3 is 10.1 Å². The first-order valence-electron chi connectivity index (χ1n) is 5.88. The fraction of sp³-hybridized carbons (Fsp3) is 0.231. The molecule has 5 heteroatoms. The van der Waals surface area contributed by atoms with E-state index in [0.717, 1.165) is 35.0 Å². The molecule has 2 aromatic heterocycles. The zero-order valence-electron chi connectivity index (χ0n) is 9.76. The molecule has 3 heterocycles. The zero-order chi connectivity index (χ0) is 12.5. The average molecular weight is 243 g/mol. The third-order valence-corrected chi connectivity index (χ3v) is 3.20. The molecule has 1 amide bonds. The van der Waals surface area contributed by atoms with Gasteiger partial charge in [-0.25, -0.2) is 9.78 Å². The van der Waals surface area contributed by atoms with Crippen molar-refractivity contribution in [2.24, 2.45) is 0 Å². The largest absolute Gasteiger partial charge is 0.465 e. The van der Waals surface area contributed by atoms with Crippen LogP contribution in [0.5, 0.6) is 0 Å². The van der Waals surface area contributed by atoms with Crippen molar-refractivity contribution in [3.8, 4) is 0 Å². The fourth-order valence-corrected chi connectivity index (χ4v) is 2.33. The first-order chi connectivity index (χ1) is 8.75. The number of pyridine rings is 1. The number of aromatic amines is 1. The highest BCUT2D eigenvalue weighted by molar-refractivity contribution is 5.91. The second-order valence-corrected chi connectivity index (χ2v) is 4.34. The summed E-state index contributed by atoms with van der Waals surface area (Å²) in [6.07, 6.45) is 6.21. The first kappa shape index (κ1) is 10.8. The van der Waals surface area contributed by atoms with Crippen LogP contribution in [-0.4, -0.2) is 32.6 Å². The van der Waals surface area contributed by atoms with Gasteiger partial charge in [0.25, 0.3) is 0 Å². The number of H-pyrrole nitrogens is 1. The van der Waals surface area contributed by atoms with Crippen molar-refractivity contribution in [3.63, 3.8) is 0 Å². The molecule has 0 bridgehead atoms. The van der Waals surface area contributed by atoms with Gasteiger partial charge >= 0.3 is 6.09 Å². The van der Waals surface area contributed by atoms with Crippen LogP contribution >= 0.6 is 0 Å². The highest BCUT2D eigenvalue weighted by Crippen LogP contribution is 2.29. The SMILES string of the molecule is O=C(O)N1C=C(c2c[nH]c3ncccc23)CCC1. The van der Waals surface area contributed by atoms with Crippen LogP contribution in [0, 0.1) is 0 Å². The minimum Gasteiger partial charge on any atom is -0.465 e. The van der Waals surface area contributed by atoms with E-state index in [1.807, 2.05) is 18.3 Å². The van der Waals surface area contributed by atoms with Crippen molar-refractivity contribution in [3.05, 3.63) is 36.3 Å². The lowest BCUT2D eigenvalue weighted by Gasteiger charge is -2.22. The predicted octanol–water partition coefficient (Wildman–Crippen LogP) is 2.68. The summed E-state index contributed by atoms with van der Waals surface area (Å²) in [7, 11) is 0. The standard InChI is InChI=1S/C13H13N3O2/c17-13(18)16-6-2-3-9(8-16)11-7-15-12-10(11)4-1-5-14-12/h1,4-5,7-8H,2-3,6H2,(H,14,15)(H,17,18). The number of hydrogen-bond acceptors (Lipinski definition) is 2. The van der Waals surface area contributed by atoms with E-state index in [4.69, 9.17) is 5.11 Å². The number of nitrogens with zero attached hydrogens (tertiary/aromatic N) is 2. The molecule has 0 radical (unpaired) electrons. The van der Waals surface area contributed by atoms with Crippen LogP contribution < -0.4 is 0 Å². The Bertz CT molecular complexity index is 630. The van der Waals surface area contributed by atoms with E-state index in [2.05, 4.69) is 9.97 Å². The number of amides is 1. The van der Waals surface area contributed by atoms with E-state index < -0.39 is 6.09 Å². The Kier molecular flexibility index (Phi) is 2.51. The molecule has 0 aliphatic carbocycles. The van der Waals surface area contributed by atoms with Gasteiger partial charge in [-0.05, 0) is 30.5 Å². The Morgan fingerprint density at radius 1 is 1.50 bits per heavy atom. The van der Waals surface area contributed by atoms with Gasteiger partial charge in [0.2, 0.25) is 0 Å². The number of rotatable bonds is 1. The summed E-state index contributed by atoms with van der Waals surface area (Å²) in [6.45, 7) is 0.569. The Hall–Kier alpha value is -2.30. The molecular formula is C13H13N3O2. The summed E-state index contributed by atoms with van der Waals surface area (Å²) in [5.41, 5.74) is 2.92. The quantitative estimate of drug-likeness (QED) is 0.809. The monoisotopic (exact) mass is 243 g/mol. The van der Waals surface area contributed by atoms with Gasteiger partial charge in [-0.15, -0.1) is 0 Å². The summed E-state index contributed by atoms with van der Waals surface area (Å²) in [5, 5.41) is 10.1. The zero-order valence-corrected chi connectivity index (χ0v) is 9.76. The van der Waals surface area contributed by atoms with Crippen LogP contribution in [0.2, 0.25) is 0 Å². The van der Waals surface area contributed by atoms with Crippen LogP contribution in [0.4, 0.5) is 4.79 Å². The smallest absolute Gasteiger partial charge is 0.411 e. The van der Waals surface area contributed by atoms with Crippen LogP contribution in [0.15, 0.2) is 30.7 Å². The molecule has 0 unspecified atom stereocenters. The molecule has 3 rings (SSSR count). The Labute approximate surface area is 104 Å². The van der Waals surface area contributed by atoms with Gasteiger partial charge in [0, 0.05) is 36.1 Å². The van der Waals surface area contributed by atoms with E-state index in [1.54, 1.807) is 12.4 Å². The number of hydrogen-bond donors (Lipinski definition) is 2. The molecule has 0 saturated heterocycles. The number of carbonyl (C=O) groups is 1. The van der Waals surface area contributed by atoms with Crippen molar-refractivity contribution in [1.29, 1.82) is 0 Å². The predicted molar refractivity (Wildman–Crippen MR) is 68.0 cm³/mol. The Balaban J connectivity index is 2.06. The maximum atomic E-state index is 11.0. The van der Waals surface area contributed by atoms with Gasteiger partial charge in [-0.3, -0.25) is 4.90 Å². The van der Waals surface area contributed by atoms with E-state index in [9.17, 15) is 4.79 Å². The number of aromatic nitrogens is 2. The van der Waals surface area contributed by atoms with Crippen molar-refractivity contribution in [2.75, 3.05) is 6.54 Å². The second kappa shape index (κ2) is 4.18. The number of allylic oxidation sites excluding steroid dienone is 1. The van der Waals surface area contributed by atoms with Crippen molar-refractivity contribution >= 4 is 22.7 Å². The lowest BCUT2D eigenvalue weighted by molar-refractivity contribution is 0.161. The maximum Gasteiger partial charge on any atom is 0.411 e. The van der Waals surface area contributed by atoms with Crippen molar-refractivity contribution < 1.29 is 9.90 Å². The number of fused-ring (bicyclic) bond motifs is 1. The molecule has 2 aromatic rings. The molecular weight excluding hydrogens is 230 g/mol. The summed E-state index contributed by atoms with van der Waals surface area (Å²) in [6, 6.07) is 3.88. The average Bonchev–Trinajstić information content (AvgIpc) is 2.82. The molecule has 0 atom stereocenters. The molecule has 2 N–H and O–H groups in total. The molecule has 92 valence electrons. The topological polar surface area (TPSA) is 69.2 Å². The van der Waals surface area contributed by atoms with E-state index in [-0.39, 0.29) is 0 Å². The van der Waals surface area contributed by atoms with Crippen LogP contribution in [-0.2, 0) is 0 Å². The maximum absolute atomic E-state index is 11.0. The van der Waals surface area contributed by atoms with Gasteiger partial charge in [0.05, 0.1) is 0 Å². The second-order valence-electron chi connectivity index (χ2n) is 4.34. The van der Waals surface area contributed by atoms with E-state index in [0.29, 0.717) is 6.54 Å². The minimum atomic E-state index is -0.898. The van der Waals surface area contributed by atoms with Crippen LogP contribution in [0.3, 0.4) is 0 Å². The molecule has 0 spiro atoms. The fourth-order valence-electron chi connectivity index (χ4n) is 2.33. The van der Waals surface area contributed by atoms with Crippen LogP contribution in [0.25, 0.3) is 16.6 Å². The summed E-state index contributed by atoms with van der Waals surface area (Å²) < 4.78 is 0. The summed E-state index contributed by atoms with van der Waals surface area (Å²) in [4.78, 5) is 19.7. The summed E-state index contributed by atoms with van der Waals surface area (Å²) in [5.74, 6) is 0.